The molecule has 0 radical (unpaired) electrons. The van der Waals surface area contributed by atoms with E-state index in [1.807, 2.05) is 18.2 Å². The minimum atomic E-state index is -0.469. The van der Waals surface area contributed by atoms with Crippen LogP contribution in [0.25, 0.3) is 11.6 Å². The molecule has 0 saturated carbocycles. The van der Waals surface area contributed by atoms with Crippen LogP contribution in [0.2, 0.25) is 0 Å². The minimum Gasteiger partial charge on any atom is -0.497 e. The molecule has 0 bridgehead atoms. The normalized spacial score (nSPS) is 18.1. The summed E-state index contributed by atoms with van der Waals surface area (Å²) >= 11 is 0.845. The zero-order valence-electron chi connectivity index (χ0n) is 19.8. The second-order valence-corrected chi connectivity index (χ2v) is 9.85. The first kappa shape index (κ1) is 23.6. The summed E-state index contributed by atoms with van der Waals surface area (Å²) in [6, 6.07) is 12.8. The predicted molar refractivity (Wildman–Crippen MR) is 137 cm³/mol. The van der Waals surface area contributed by atoms with Gasteiger partial charge in [-0.1, -0.05) is 12.1 Å². The highest BCUT2D eigenvalue weighted by Crippen LogP contribution is 2.39. The molecule has 2 heterocycles. The van der Waals surface area contributed by atoms with Gasteiger partial charge in [0.15, 0.2) is 0 Å². The predicted octanol–water partition coefficient (Wildman–Crippen LogP) is 5.00. The molecule has 4 rings (SSSR count). The Morgan fingerprint density at radius 3 is 2.53 bits per heavy atom. The van der Waals surface area contributed by atoms with Crippen LogP contribution in [0.1, 0.15) is 31.9 Å². The van der Waals surface area contributed by atoms with E-state index in [2.05, 4.69) is 44.1 Å². The van der Waals surface area contributed by atoms with Crippen molar-refractivity contribution in [1.82, 2.24) is 4.90 Å². The second-order valence-electron chi connectivity index (χ2n) is 8.86. The lowest BCUT2D eigenvalue weighted by Crippen LogP contribution is -2.42. The molecule has 2 aromatic carbocycles. The molecule has 2 aliphatic heterocycles. The summed E-state index contributed by atoms with van der Waals surface area (Å²) in [6.45, 7) is 6.05. The van der Waals surface area contributed by atoms with E-state index in [0.29, 0.717) is 16.3 Å². The Balaban J connectivity index is 1.49. The zero-order chi connectivity index (χ0) is 24.6. The quantitative estimate of drug-likeness (QED) is 0.611. The highest BCUT2D eigenvalue weighted by molar-refractivity contribution is 8.18. The number of imide groups is 1. The van der Waals surface area contributed by atoms with Gasteiger partial charge in [0.25, 0.3) is 11.1 Å². The van der Waals surface area contributed by atoms with Crippen LogP contribution in [0.15, 0.2) is 53.4 Å². The van der Waals surface area contributed by atoms with Gasteiger partial charge in [-0.3, -0.25) is 19.3 Å². The number of amides is 3. The van der Waals surface area contributed by atoms with Crippen LogP contribution in [-0.2, 0) is 9.59 Å². The lowest BCUT2D eigenvalue weighted by molar-refractivity contribution is -0.127. The number of benzene rings is 2. The third-order valence-corrected chi connectivity index (χ3v) is 7.00. The molecule has 1 fully saturated rings. The lowest BCUT2D eigenvalue weighted by Gasteiger charge is -2.40. The molecule has 176 valence electrons. The second kappa shape index (κ2) is 9.02. The van der Waals surface area contributed by atoms with Crippen LogP contribution < -0.4 is 15.0 Å². The molecule has 1 N–H and O–H groups in total. The number of fused-ring (bicyclic) bond motifs is 1. The first-order valence-corrected chi connectivity index (χ1v) is 11.7. The van der Waals surface area contributed by atoms with Gasteiger partial charge in [-0.25, -0.2) is 0 Å². The number of carbonyl (C=O) groups excluding carboxylic acids is 3. The first-order chi connectivity index (χ1) is 16.1. The smallest absolute Gasteiger partial charge is 0.294 e. The number of nitrogens with one attached hydrogen (secondary N) is 1. The molecule has 2 aliphatic rings. The molecule has 34 heavy (non-hydrogen) atoms. The largest absolute Gasteiger partial charge is 0.497 e. The number of hydrogen-bond donors (Lipinski definition) is 1. The van der Waals surface area contributed by atoms with Gasteiger partial charge in [0.1, 0.15) is 12.3 Å². The summed E-state index contributed by atoms with van der Waals surface area (Å²) in [4.78, 5) is 41.3. The standard InChI is InChI=1S/C26H27N3O4S/c1-16-14-26(2,3)28(4)21-11-6-17(12-20(16)21)13-22-24(31)29(25(32)34-22)15-23(30)27-18-7-9-19(33-5)10-8-18/h6-14H,15H2,1-5H3,(H,27,30)/b22-13-. The van der Waals surface area contributed by atoms with Gasteiger partial charge in [-0.2, -0.15) is 0 Å². The van der Waals surface area contributed by atoms with E-state index in [1.54, 1.807) is 37.5 Å². The highest BCUT2D eigenvalue weighted by Gasteiger charge is 2.36. The maximum Gasteiger partial charge on any atom is 0.294 e. The SMILES string of the molecule is COc1ccc(NC(=O)CN2C(=O)S/C(=C\c3ccc4c(c3)C(C)=CC(C)(C)N4C)C2=O)cc1. The number of nitrogens with zero attached hydrogens (tertiary/aromatic N) is 2. The van der Waals surface area contributed by atoms with Gasteiger partial charge < -0.3 is 15.0 Å². The summed E-state index contributed by atoms with van der Waals surface area (Å²) in [5, 5.41) is 2.23. The van der Waals surface area contributed by atoms with Crippen molar-refractivity contribution >= 4 is 51.8 Å². The summed E-state index contributed by atoms with van der Waals surface area (Å²) in [7, 11) is 3.62. The van der Waals surface area contributed by atoms with E-state index in [1.165, 1.54) is 0 Å². The van der Waals surface area contributed by atoms with E-state index in [4.69, 9.17) is 4.74 Å². The Labute approximate surface area is 203 Å². The van der Waals surface area contributed by atoms with E-state index >= 15 is 0 Å². The van der Waals surface area contributed by atoms with Crippen LogP contribution in [0, 0.1) is 0 Å². The minimum absolute atomic E-state index is 0.0896. The summed E-state index contributed by atoms with van der Waals surface area (Å²) in [6.07, 6.45) is 3.92. The number of methoxy groups -OCH3 is 1. The molecule has 7 nitrogen and oxygen atoms in total. The Bertz CT molecular complexity index is 1230. The van der Waals surface area contributed by atoms with Crippen LogP contribution in [0.4, 0.5) is 16.2 Å². The van der Waals surface area contributed by atoms with Crippen LogP contribution >= 0.6 is 11.8 Å². The highest BCUT2D eigenvalue weighted by atomic mass is 32.2. The maximum atomic E-state index is 12.9. The van der Waals surface area contributed by atoms with Crippen LogP contribution in [0.5, 0.6) is 5.75 Å². The third kappa shape index (κ3) is 4.59. The molecular weight excluding hydrogens is 450 g/mol. The van der Waals surface area contributed by atoms with E-state index in [-0.39, 0.29) is 12.1 Å². The molecule has 8 heteroatoms. The monoisotopic (exact) mass is 477 g/mol. The first-order valence-electron chi connectivity index (χ1n) is 10.9. The van der Waals surface area contributed by atoms with Crippen LogP contribution in [0.3, 0.4) is 0 Å². The van der Waals surface area contributed by atoms with Crippen molar-refractivity contribution in [3.05, 3.63) is 64.6 Å². The fourth-order valence-corrected chi connectivity index (χ4v) is 4.91. The maximum absolute atomic E-state index is 12.9. The number of anilines is 2. The van der Waals surface area contributed by atoms with Gasteiger partial charge in [0.2, 0.25) is 5.91 Å². The number of ether oxygens (including phenoxy) is 1. The molecule has 1 saturated heterocycles. The summed E-state index contributed by atoms with van der Waals surface area (Å²) in [5.41, 5.74) is 4.66. The Morgan fingerprint density at radius 2 is 1.85 bits per heavy atom. The van der Waals surface area contributed by atoms with Gasteiger partial charge in [0, 0.05) is 24.0 Å². The molecule has 0 spiro atoms. The van der Waals surface area contributed by atoms with Crippen molar-refractivity contribution in [1.29, 1.82) is 0 Å². The fourth-order valence-electron chi connectivity index (χ4n) is 4.07. The number of allylic oxidation sites excluding steroid dienone is 1. The lowest BCUT2D eigenvalue weighted by atomic mass is 9.88. The number of likely N-dealkylation sites (N-methyl/N-ethyl adjacent to an activating group) is 1. The average Bonchev–Trinajstić information content (AvgIpc) is 3.05. The van der Waals surface area contributed by atoms with Crippen molar-refractivity contribution in [3.63, 3.8) is 0 Å². The fraction of sp³-hybridized carbons (Fsp3) is 0.269. The zero-order valence-corrected chi connectivity index (χ0v) is 20.7. The van der Waals surface area contributed by atoms with Crippen molar-refractivity contribution in [2.75, 3.05) is 30.9 Å². The Morgan fingerprint density at radius 1 is 1.15 bits per heavy atom. The number of rotatable bonds is 5. The van der Waals surface area contributed by atoms with E-state index in [0.717, 1.165) is 39.0 Å². The molecule has 0 atom stereocenters. The number of thioether (sulfide) groups is 1. The summed E-state index contributed by atoms with van der Waals surface area (Å²) in [5.74, 6) is -0.255. The van der Waals surface area contributed by atoms with Gasteiger partial charge >= 0.3 is 0 Å². The topological polar surface area (TPSA) is 79.0 Å². The van der Waals surface area contributed by atoms with Gasteiger partial charge in [-0.15, -0.1) is 0 Å². The molecule has 3 amide bonds. The molecular formula is C26H27N3O4S. The summed E-state index contributed by atoms with van der Waals surface area (Å²) < 4.78 is 5.10. The van der Waals surface area contributed by atoms with Crippen molar-refractivity contribution in [2.45, 2.75) is 26.3 Å². The number of carbonyl (C=O) groups is 3. The van der Waals surface area contributed by atoms with E-state index in [9.17, 15) is 14.4 Å². The molecule has 0 aromatic heterocycles. The number of hydrogen-bond acceptors (Lipinski definition) is 6. The van der Waals surface area contributed by atoms with Gasteiger partial charge in [-0.05, 0) is 86.1 Å². The van der Waals surface area contributed by atoms with Crippen molar-refractivity contribution in [2.24, 2.45) is 0 Å². The average molecular weight is 478 g/mol. The molecule has 0 aliphatic carbocycles. The Kier molecular flexibility index (Phi) is 6.27. The third-order valence-electron chi connectivity index (χ3n) is 6.09. The van der Waals surface area contributed by atoms with E-state index < -0.39 is 17.1 Å². The van der Waals surface area contributed by atoms with Crippen molar-refractivity contribution < 1.29 is 19.1 Å². The van der Waals surface area contributed by atoms with Crippen molar-refractivity contribution in [3.8, 4) is 5.75 Å². The van der Waals surface area contributed by atoms with Crippen LogP contribution in [-0.4, -0.2) is 48.2 Å². The molecule has 0 unspecified atom stereocenters. The van der Waals surface area contributed by atoms with Gasteiger partial charge in [0.05, 0.1) is 17.6 Å². The molecule has 2 aromatic rings. The Hall–Kier alpha value is -3.52.